The van der Waals surface area contributed by atoms with Crippen molar-refractivity contribution < 1.29 is 0 Å². The zero-order chi connectivity index (χ0) is 40.3. The zero-order valence-electron chi connectivity index (χ0n) is 32.9. The van der Waals surface area contributed by atoms with E-state index in [1.54, 1.807) is 0 Å². The Kier molecular flexibility index (Phi) is 8.10. The van der Waals surface area contributed by atoms with Gasteiger partial charge in [0, 0.05) is 56.4 Å². The van der Waals surface area contributed by atoms with Crippen LogP contribution in [0.15, 0.2) is 213 Å². The van der Waals surface area contributed by atoms with Gasteiger partial charge in [-0.2, -0.15) is 0 Å². The third-order valence-electron chi connectivity index (χ3n) is 11.8. The predicted octanol–water partition coefficient (Wildman–Crippen LogP) is 14.1. The maximum absolute atomic E-state index is 5.23. The van der Waals surface area contributed by atoms with Gasteiger partial charge in [0.25, 0.3) is 0 Å². The first-order valence-corrected chi connectivity index (χ1v) is 20.5. The van der Waals surface area contributed by atoms with Gasteiger partial charge in [-0.05, 0) is 63.0 Å². The molecule has 61 heavy (non-hydrogen) atoms. The van der Waals surface area contributed by atoms with Crippen LogP contribution in [0.2, 0.25) is 0 Å². The summed E-state index contributed by atoms with van der Waals surface area (Å²) in [5.41, 5.74) is 13.0. The third-order valence-corrected chi connectivity index (χ3v) is 11.8. The Bertz CT molecular complexity index is 3530. The molecule has 284 valence electrons. The van der Waals surface area contributed by atoms with Crippen molar-refractivity contribution in [1.82, 2.24) is 24.3 Å². The predicted molar refractivity (Wildman–Crippen MR) is 251 cm³/mol. The van der Waals surface area contributed by atoms with Gasteiger partial charge >= 0.3 is 0 Å². The summed E-state index contributed by atoms with van der Waals surface area (Å²) in [5.74, 6) is 0.700. The fourth-order valence-corrected chi connectivity index (χ4v) is 8.65. The van der Waals surface area contributed by atoms with Gasteiger partial charge in [0.2, 0.25) is 0 Å². The second kappa shape index (κ2) is 14.2. The van der Waals surface area contributed by atoms with Crippen LogP contribution in [0, 0.1) is 0 Å². The number of imidazole rings is 1. The highest BCUT2D eigenvalue weighted by Gasteiger charge is 2.17. The highest BCUT2D eigenvalue weighted by molar-refractivity contribution is 6.16. The minimum absolute atomic E-state index is 0.700. The van der Waals surface area contributed by atoms with Crippen LogP contribution in [0.4, 0.5) is 0 Å². The fourth-order valence-electron chi connectivity index (χ4n) is 8.65. The molecule has 0 spiro atoms. The molecular weight excluding hydrogens is 743 g/mol. The van der Waals surface area contributed by atoms with Gasteiger partial charge < -0.3 is 4.40 Å². The van der Waals surface area contributed by atoms with E-state index in [1.807, 2.05) is 6.07 Å². The Labute approximate surface area is 351 Å². The lowest BCUT2D eigenvalue weighted by Crippen LogP contribution is -1.96. The summed E-state index contributed by atoms with van der Waals surface area (Å²) in [5, 5.41) is 8.00. The normalized spacial score (nSPS) is 11.6. The van der Waals surface area contributed by atoms with E-state index in [9.17, 15) is 0 Å². The molecule has 0 radical (unpaired) electrons. The van der Waals surface area contributed by atoms with Crippen molar-refractivity contribution in [2.75, 3.05) is 0 Å². The Balaban J connectivity index is 0.910. The maximum atomic E-state index is 5.23. The molecule has 5 nitrogen and oxygen atoms in total. The van der Waals surface area contributed by atoms with Crippen LogP contribution in [-0.4, -0.2) is 24.3 Å². The molecule has 0 atom stereocenters. The van der Waals surface area contributed by atoms with Crippen LogP contribution < -0.4 is 0 Å². The Morgan fingerprint density at radius 3 is 1.59 bits per heavy atom. The molecule has 0 bridgehead atoms. The van der Waals surface area contributed by atoms with Gasteiger partial charge in [-0.1, -0.05) is 170 Å². The molecule has 4 aromatic heterocycles. The van der Waals surface area contributed by atoms with E-state index in [1.165, 1.54) is 16.2 Å². The molecule has 5 heteroatoms. The second-order valence-electron chi connectivity index (χ2n) is 15.5. The average Bonchev–Trinajstić information content (AvgIpc) is 3.79. The maximum Gasteiger partial charge on any atom is 0.160 e. The quantitative estimate of drug-likeness (QED) is 0.158. The van der Waals surface area contributed by atoms with Crippen LogP contribution in [-0.2, 0) is 0 Å². The summed E-state index contributed by atoms with van der Waals surface area (Å²) >= 11 is 0. The van der Waals surface area contributed by atoms with Crippen LogP contribution >= 0.6 is 0 Å². The highest BCUT2D eigenvalue weighted by Crippen LogP contribution is 2.37. The van der Waals surface area contributed by atoms with E-state index < -0.39 is 0 Å². The highest BCUT2D eigenvalue weighted by atomic mass is 15.0. The van der Waals surface area contributed by atoms with Gasteiger partial charge in [0.1, 0.15) is 5.65 Å². The van der Waals surface area contributed by atoms with Gasteiger partial charge in [0.15, 0.2) is 5.82 Å². The number of rotatable bonds is 6. The van der Waals surface area contributed by atoms with Gasteiger partial charge in [0.05, 0.1) is 28.3 Å². The Morgan fingerprint density at radius 1 is 0.328 bits per heavy atom. The summed E-state index contributed by atoms with van der Waals surface area (Å²) < 4.78 is 2.13. The van der Waals surface area contributed by atoms with Gasteiger partial charge in [-0.15, -0.1) is 0 Å². The van der Waals surface area contributed by atoms with Crippen molar-refractivity contribution in [2.24, 2.45) is 0 Å². The zero-order valence-corrected chi connectivity index (χ0v) is 32.9. The summed E-state index contributed by atoms with van der Waals surface area (Å²) in [7, 11) is 0. The molecule has 0 amide bonds. The largest absolute Gasteiger partial charge is 0.306 e. The number of benzene rings is 8. The smallest absolute Gasteiger partial charge is 0.160 e. The number of hydrogen-bond donors (Lipinski definition) is 0. The molecule has 0 aliphatic carbocycles. The molecule has 0 fully saturated rings. The van der Waals surface area contributed by atoms with Crippen LogP contribution in [0.1, 0.15) is 0 Å². The second-order valence-corrected chi connectivity index (χ2v) is 15.5. The van der Waals surface area contributed by atoms with E-state index in [-0.39, 0.29) is 0 Å². The molecule has 0 unspecified atom stereocenters. The minimum atomic E-state index is 0.700. The molecule has 4 heterocycles. The standard InChI is InChI=1S/C56H35N5/c1-2-12-40(13-3-1)52-35-61-31-30-48-53(56(61)60-52)47-16-8-9-17-49(47)57-54(48)42-26-20-39(21-27-42)38-18-24-41(25-19-38)50-34-51(45-28-22-36-10-4-6-14-43(36)32-45)59-55(58-50)46-29-23-37-11-5-7-15-44(37)33-46/h1-35H. The molecule has 0 saturated carbocycles. The SMILES string of the molecule is c1ccc(-c2cn3ccc4c(-c5ccc(-c6ccc(-c7cc(-c8ccc9ccccc9c8)nc(-c8ccc9ccccc9c8)n7)cc6)cc5)nc5ccccc5c4c3n2)cc1. The topological polar surface area (TPSA) is 56.0 Å². The Morgan fingerprint density at radius 2 is 0.869 bits per heavy atom. The molecular formula is C56H35N5. The Hall–Kier alpha value is -8.28. The lowest BCUT2D eigenvalue weighted by Gasteiger charge is -2.12. The summed E-state index contributed by atoms with van der Waals surface area (Å²) in [4.78, 5) is 20.7. The van der Waals surface area contributed by atoms with Crippen molar-refractivity contribution in [3.8, 4) is 67.5 Å². The van der Waals surface area contributed by atoms with Crippen LogP contribution in [0.5, 0.6) is 0 Å². The number of para-hydroxylation sites is 1. The fraction of sp³-hybridized carbons (Fsp3) is 0. The molecule has 0 aliphatic rings. The van der Waals surface area contributed by atoms with Crippen molar-refractivity contribution in [3.63, 3.8) is 0 Å². The monoisotopic (exact) mass is 777 g/mol. The number of nitrogens with zero attached hydrogens (tertiary/aromatic N) is 5. The molecule has 0 saturated heterocycles. The molecule has 0 N–H and O–H groups in total. The van der Waals surface area contributed by atoms with Gasteiger partial charge in [-0.3, -0.25) is 0 Å². The van der Waals surface area contributed by atoms with Crippen molar-refractivity contribution >= 4 is 48.9 Å². The summed E-state index contributed by atoms with van der Waals surface area (Å²) in [6, 6.07) is 70.3. The first-order valence-electron chi connectivity index (χ1n) is 20.5. The van der Waals surface area contributed by atoms with E-state index in [0.29, 0.717) is 5.82 Å². The molecule has 8 aromatic carbocycles. The molecule has 12 rings (SSSR count). The molecule has 12 aromatic rings. The first-order chi connectivity index (χ1) is 30.2. The van der Waals surface area contributed by atoms with E-state index in [0.717, 1.165) is 94.4 Å². The lowest BCUT2D eigenvalue weighted by atomic mass is 9.97. The van der Waals surface area contributed by atoms with E-state index in [2.05, 4.69) is 211 Å². The van der Waals surface area contributed by atoms with Gasteiger partial charge in [-0.25, -0.2) is 19.9 Å². The summed E-state index contributed by atoms with van der Waals surface area (Å²) in [6.07, 6.45) is 4.21. The third kappa shape index (κ3) is 6.19. The summed E-state index contributed by atoms with van der Waals surface area (Å²) in [6.45, 7) is 0. The van der Waals surface area contributed by atoms with E-state index in [4.69, 9.17) is 19.9 Å². The number of hydrogen-bond acceptors (Lipinski definition) is 4. The van der Waals surface area contributed by atoms with Crippen molar-refractivity contribution in [3.05, 3.63) is 213 Å². The van der Waals surface area contributed by atoms with Crippen molar-refractivity contribution in [2.45, 2.75) is 0 Å². The minimum Gasteiger partial charge on any atom is -0.306 e. The van der Waals surface area contributed by atoms with Crippen LogP contribution in [0.3, 0.4) is 0 Å². The number of aromatic nitrogens is 5. The lowest BCUT2D eigenvalue weighted by molar-refractivity contribution is 1.18. The first kappa shape index (κ1) is 34.7. The number of pyridine rings is 2. The average molecular weight is 778 g/mol. The van der Waals surface area contributed by atoms with E-state index >= 15 is 0 Å². The van der Waals surface area contributed by atoms with Crippen LogP contribution in [0.25, 0.3) is 116 Å². The number of fused-ring (bicyclic) bond motifs is 7. The van der Waals surface area contributed by atoms with Crippen molar-refractivity contribution in [1.29, 1.82) is 0 Å². The molecule has 0 aliphatic heterocycles.